The van der Waals surface area contributed by atoms with Crippen LogP contribution in [0.5, 0.6) is 5.75 Å². The van der Waals surface area contributed by atoms with Gasteiger partial charge in [0.05, 0.1) is 0 Å². The molecule has 0 radical (unpaired) electrons. The Morgan fingerprint density at radius 3 is 2.27 bits per heavy atom. The first kappa shape index (κ1) is 16.6. The molecule has 0 N–H and O–H groups in total. The average Bonchev–Trinajstić information content (AvgIpc) is 2.44. The molecule has 2 rings (SSSR count). The second kappa shape index (κ2) is 6.17. The summed E-state index contributed by atoms with van der Waals surface area (Å²) < 4.78 is 17.7. The second-order valence-electron chi connectivity index (χ2n) is 6.72. The van der Waals surface area contributed by atoms with E-state index in [0.29, 0.717) is 6.61 Å². The summed E-state index contributed by atoms with van der Waals surface area (Å²) in [5.74, 6) is 4.46. The summed E-state index contributed by atoms with van der Waals surface area (Å²) in [5, 5.41) is 0. The monoisotopic (exact) mass is 316 g/mol. The van der Waals surface area contributed by atoms with E-state index in [-0.39, 0.29) is 5.41 Å². The van der Waals surface area contributed by atoms with Crippen molar-refractivity contribution in [2.45, 2.75) is 37.7 Å². The van der Waals surface area contributed by atoms with E-state index in [9.17, 15) is 4.21 Å². The van der Waals surface area contributed by atoms with Gasteiger partial charge in [-0.15, -0.1) is 0 Å². The minimum Gasteiger partial charge on any atom is -0.489 e. The van der Waals surface area contributed by atoms with Gasteiger partial charge in [0.25, 0.3) is 0 Å². The van der Waals surface area contributed by atoms with E-state index in [2.05, 4.69) is 50.9 Å². The molecule has 0 saturated heterocycles. The zero-order chi connectivity index (χ0) is 16.4. The molecule has 0 amide bonds. The van der Waals surface area contributed by atoms with Crippen molar-refractivity contribution in [3.63, 3.8) is 0 Å². The number of benzene rings is 2. The lowest BCUT2D eigenvalue weighted by atomic mass is 9.86. The number of ether oxygens (including phenoxy) is 1. The molecule has 0 heterocycles. The lowest BCUT2D eigenvalue weighted by Crippen LogP contribution is -2.11. The highest BCUT2D eigenvalue weighted by molar-refractivity contribution is 7.99. The van der Waals surface area contributed by atoms with E-state index in [0.717, 1.165) is 16.2 Å². The van der Waals surface area contributed by atoms with Gasteiger partial charge in [-0.05, 0) is 56.2 Å². The van der Waals surface area contributed by atoms with Crippen LogP contribution in [0.1, 0.15) is 31.9 Å². The van der Waals surface area contributed by atoms with E-state index >= 15 is 0 Å². The van der Waals surface area contributed by atoms with E-state index in [4.69, 9.17) is 4.74 Å². The van der Waals surface area contributed by atoms with E-state index in [1.54, 1.807) is 6.26 Å². The van der Waals surface area contributed by atoms with Crippen LogP contribution in [0.2, 0.25) is 0 Å². The van der Waals surface area contributed by atoms with E-state index in [1.165, 1.54) is 5.56 Å². The third-order valence-corrected chi connectivity index (χ3v) is 4.79. The standard InChI is InChI=1S/C19H24O2S/c1-19(2,3)16-8-6-7-15(13-16)14-21-17-9-11-18(12-10-17)22(4,5)20/h6-13H,4,14H2,1-3,5H3. The van der Waals surface area contributed by atoms with Crippen LogP contribution in [0, 0.1) is 0 Å². The van der Waals surface area contributed by atoms with Crippen LogP contribution < -0.4 is 4.74 Å². The second-order valence-corrected chi connectivity index (χ2v) is 9.20. The van der Waals surface area contributed by atoms with Gasteiger partial charge in [0.1, 0.15) is 12.4 Å². The predicted molar refractivity (Wildman–Crippen MR) is 95.4 cm³/mol. The fourth-order valence-electron chi connectivity index (χ4n) is 2.12. The van der Waals surface area contributed by atoms with Gasteiger partial charge in [-0.2, -0.15) is 0 Å². The third-order valence-electron chi connectivity index (χ3n) is 3.52. The normalized spacial score (nSPS) is 14.4. The topological polar surface area (TPSA) is 26.3 Å². The molecule has 0 aromatic heterocycles. The molecular formula is C19H24O2S. The Labute approximate surface area is 134 Å². The maximum atomic E-state index is 11.9. The highest BCUT2D eigenvalue weighted by atomic mass is 32.2. The fourth-order valence-corrected chi connectivity index (χ4v) is 2.83. The molecule has 1 atom stereocenters. The lowest BCUT2D eigenvalue weighted by Gasteiger charge is -2.19. The zero-order valence-corrected chi connectivity index (χ0v) is 14.6. The van der Waals surface area contributed by atoms with Crippen molar-refractivity contribution in [3.8, 4) is 5.75 Å². The summed E-state index contributed by atoms with van der Waals surface area (Å²) in [6.07, 6.45) is 1.64. The highest BCUT2D eigenvalue weighted by Gasteiger charge is 2.13. The first-order valence-electron chi connectivity index (χ1n) is 7.31. The Kier molecular flexibility index (Phi) is 4.66. The van der Waals surface area contributed by atoms with Crippen molar-refractivity contribution in [1.29, 1.82) is 0 Å². The average molecular weight is 316 g/mol. The Morgan fingerprint density at radius 2 is 1.73 bits per heavy atom. The van der Waals surface area contributed by atoms with Gasteiger partial charge < -0.3 is 4.74 Å². The molecule has 0 spiro atoms. The third kappa shape index (κ3) is 4.38. The molecule has 2 aromatic rings. The fraction of sp³-hybridized carbons (Fsp3) is 0.316. The van der Waals surface area contributed by atoms with Crippen LogP contribution in [0.15, 0.2) is 53.4 Å². The largest absolute Gasteiger partial charge is 0.489 e. The zero-order valence-electron chi connectivity index (χ0n) is 13.8. The van der Waals surface area contributed by atoms with Crippen molar-refractivity contribution < 1.29 is 8.95 Å². The van der Waals surface area contributed by atoms with Crippen molar-refractivity contribution in [2.24, 2.45) is 0 Å². The molecule has 0 aliphatic rings. The Hall–Kier alpha value is -1.74. The molecule has 0 saturated carbocycles. The molecule has 0 aliphatic heterocycles. The summed E-state index contributed by atoms with van der Waals surface area (Å²) >= 11 is 0. The molecule has 0 bridgehead atoms. The smallest absolute Gasteiger partial charge is 0.119 e. The maximum Gasteiger partial charge on any atom is 0.119 e. The minimum atomic E-state index is -2.16. The van der Waals surface area contributed by atoms with Crippen molar-refractivity contribution >= 4 is 15.4 Å². The number of hydrogen-bond donors (Lipinski definition) is 0. The molecule has 3 heteroatoms. The van der Waals surface area contributed by atoms with Crippen LogP contribution in [-0.2, 0) is 21.5 Å². The number of hydrogen-bond acceptors (Lipinski definition) is 2. The molecule has 2 nitrogen and oxygen atoms in total. The van der Waals surface area contributed by atoms with E-state index in [1.807, 2.05) is 24.3 Å². The van der Waals surface area contributed by atoms with Crippen LogP contribution in [0.3, 0.4) is 0 Å². The van der Waals surface area contributed by atoms with Gasteiger partial charge in [-0.25, -0.2) is 0 Å². The van der Waals surface area contributed by atoms with Gasteiger partial charge in [0.2, 0.25) is 0 Å². The molecule has 118 valence electrons. The molecule has 22 heavy (non-hydrogen) atoms. The molecule has 0 aliphatic carbocycles. The van der Waals surface area contributed by atoms with Gasteiger partial charge in [0, 0.05) is 11.2 Å². The van der Waals surface area contributed by atoms with Crippen LogP contribution in [-0.4, -0.2) is 16.3 Å². The molecule has 0 fully saturated rings. The summed E-state index contributed by atoms with van der Waals surface area (Å²) in [6.45, 7) is 7.13. The molecule has 2 aromatic carbocycles. The van der Waals surface area contributed by atoms with Gasteiger partial charge in [0.15, 0.2) is 0 Å². The molecule has 1 unspecified atom stereocenters. The first-order valence-corrected chi connectivity index (χ1v) is 9.44. The van der Waals surface area contributed by atoms with Crippen molar-refractivity contribution in [1.82, 2.24) is 0 Å². The summed E-state index contributed by atoms with van der Waals surface area (Å²) in [5.41, 5.74) is 2.58. The van der Waals surface area contributed by atoms with Gasteiger partial charge in [-0.3, -0.25) is 4.21 Å². The highest BCUT2D eigenvalue weighted by Crippen LogP contribution is 2.23. The van der Waals surface area contributed by atoms with Gasteiger partial charge in [-0.1, -0.05) is 45.0 Å². The summed E-state index contributed by atoms with van der Waals surface area (Å²) in [4.78, 5) is 0.745. The Bertz CT molecular complexity index is 736. The first-order chi connectivity index (χ1) is 10.2. The SMILES string of the molecule is C=S(C)(=O)c1ccc(OCc2cccc(C(C)(C)C)c2)cc1. The predicted octanol–water partition coefficient (Wildman–Crippen LogP) is 4.27. The summed E-state index contributed by atoms with van der Waals surface area (Å²) in [6, 6.07) is 15.8. The van der Waals surface area contributed by atoms with Crippen LogP contribution in [0.25, 0.3) is 0 Å². The lowest BCUT2D eigenvalue weighted by molar-refractivity contribution is 0.305. The summed E-state index contributed by atoms with van der Waals surface area (Å²) in [7, 11) is -2.16. The maximum absolute atomic E-state index is 11.9. The van der Waals surface area contributed by atoms with E-state index < -0.39 is 9.52 Å². The minimum absolute atomic E-state index is 0.132. The van der Waals surface area contributed by atoms with Crippen molar-refractivity contribution in [2.75, 3.05) is 6.26 Å². The number of rotatable bonds is 4. The molecular weight excluding hydrogens is 292 g/mol. The van der Waals surface area contributed by atoms with Crippen LogP contribution in [0.4, 0.5) is 0 Å². The van der Waals surface area contributed by atoms with Crippen molar-refractivity contribution in [3.05, 3.63) is 59.7 Å². The quantitative estimate of drug-likeness (QED) is 0.788. The Balaban J connectivity index is 2.07. The van der Waals surface area contributed by atoms with Crippen LogP contribution >= 0.6 is 0 Å². The Morgan fingerprint density at radius 1 is 1.09 bits per heavy atom. The van der Waals surface area contributed by atoms with Gasteiger partial charge >= 0.3 is 0 Å².